The topological polar surface area (TPSA) is 104 Å². The Hall–Kier alpha value is -3.58. The number of aliphatic imine (C=N–C) groups is 1. The molecule has 0 unspecified atom stereocenters. The molecule has 10 nitrogen and oxygen atoms in total. The number of aromatic hydroxyl groups is 1. The smallest absolute Gasteiger partial charge is 0.261 e. The summed E-state index contributed by atoms with van der Waals surface area (Å²) in [5.41, 5.74) is 4.42. The van der Waals surface area contributed by atoms with E-state index in [-0.39, 0.29) is 17.3 Å². The maximum atomic E-state index is 13.6. The second-order valence-electron chi connectivity index (χ2n) is 15.7. The number of hydrogen-bond donors (Lipinski definition) is 2. The highest BCUT2D eigenvalue weighted by Gasteiger charge is 2.25. The average molecular weight is 749 g/mol. The lowest BCUT2D eigenvalue weighted by atomic mass is 9.88. The molecule has 0 saturated heterocycles. The zero-order valence-electron chi connectivity index (χ0n) is 31.7. The zero-order chi connectivity index (χ0) is 37.5. The lowest BCUT2D eigenvalue weighted by molar-refractivity contribution is -0.870. The maximum absolute atomic E-state index is 13.6. The maximum Gasteiger partial charge on any atom is 0.261 e. The first-order chi connectivity index (χ1) is 24.8. The van der Waals surface area contributed by atoms with E-state index in [4.69, 9.17) is 4.99 Å². The molecule has 5 rings (SSSR count). The van der Waals surface area contributed by atoms with E-state index in [9.17, 15) is 19.5 Å². The van der Waals surface area contributed by atoms with E-state index in [0.29, 0.717) is 54.8 Å². The molecule has 52 heavy (non-hydrogen) atoms. The van der Waals surface area contributed by atoms with Crippen LogP contribution in [0.3, 0.4) is 0 Å². The number of imide groups is 1. The number of pyridine rings is 1. The van der Waals surface area contributed by atoms with E-state index in [1.54, 1.807) is 21.6 Å². The lowest BCUT2D eigenvalue weighted by Crippen LogP contribution is -2.42. The molecule has 2 aliphatic rings. The van der Waals surface area contributed by atoms with E-state index < -0.39 is 0 Å². The van der Waals surface area contributed by atoms with Crippen molar-refractivity contribution in [2.45, 2.75) is 45.1 Å². The molecule has 3 aromatic rings. The van der Waals surface area contributed by atoms with Gasteiger partial charge in [0.15, 0.2) is 5.88 Å². The number of aromatic nitrogens is 1. The standard InChI is InChI=1S/C40H54N6O4S2/c1-45(2,3)24-10-20-41-35-18-16-31(29-12-7-8-13-30(29)35)38(48)43(28-47)22-26-51-52-27-23-44-39(49)33-15-9-14-32-36(42-21-11-25-46(4,5)6)19-17-34(37(32)33)40(44)50/h7-9,12-15,28H,10-11,16-27H2,1-6H3/p+2. The van der Waals surface area contributed by atoms with Gasteiger partial charge in [-0.2, -0.15) is 0 Å². The van der Waals surface area contributed by atoms with Crippen LogP contribution in [-0.4, -0.2) is 128 Å². The molecule has 0 fully saturated rings. The van der Waals surface area contributed by atoms with Crippen LogP contribution in [0, 0.1) is 0 Å². The van der Waals surface area contributed by atoms with Gasteiger partial charge in [-0.05, 0) is 37.0 Å². The predicted molar refractivity (Wildman–Crippen MR) is 217 cm³/mol. The Kier molecular flexibility index (Phi) is 13.3. The molecule has 2 aliphatic carbocycles. The van der Waals surface area contributed by atoms with Crippen molar-refractivity contribution in [3.63, 3.8) is 0 Å². The van der Waals surface area contributed by atoms with Gasteiger partial charge in [0.1, 0.15) is 0 Å². The summed E-state index contributed by atoms with van der Waals surface area (Å²) in [7, 11) is 16.2. The van der Waals surface area contributed by atoms with Crippen LogP contribution in [0.1, 0.15) is 43.2 Å². The van der Waals surface area contributed by atoms with Crippen LogP contribution >= 0.6 is 21.6 Å². The summed E-state index contributed by atoms with van der Waals surface area (Å²) in [5, 5.41) is 18.3. The normalized spacial score (nSPS) is 15.2. The van der Waals surface area contributed by atoms with Crippen LogP contribution in [0.5, 0.6) is 5.88 Å². The van der Waals surface area contributed by atoms with Gasteiger partial charge >= 0.3 is 0 Å². The molecule has 0 atom stereocenters. The highest BCUT2D eigenvalue weighted by atomic mass is 33.1. The SMILES string of the molecule is C[N+](C)(C)CCCN=C1CCc2c(O)n(CCSSCCN(C=O)C(=O)C3=c4ccccc4=C(NCCC[N+](C)(C)C)CC3)c(=O)c3cccc1c23. The van der Waals surface area contributed by atoms with E-state index >= 15 is 0 Å². The second-order valence-corrected chi connectivity index (χ2v) is 18.4. The first kappa shape index (κ1) is 39.6. The lowest BCUT2D eigenvalue weighted by Gasteiger charge is -2.25. The van der Waals surface area contributed by atoms with Gasteiger partial charge in [-0.15, -0.1) is 0 Å². The number of quaternary nitrogens is 2. The minimum atomic E-state index is -0.240. The van der Waals surface area contributed by atoms with Crippen molar-refractivity contribution < 1.29 is 23.7 Å². The van der Waals surface area contributed by atoms with Crippen LogP contribution in [0.25, 0.3) is 22.0 Å². The summed E-state index contributed by atoms with van der Waals surface area (Å²) in [5.74, 6) is 0.943. The molecule has 2 amide bonds. The van der Waals surface area contributed by atoms with Gasteiger partial charge in [0, 0.05) is 94.6 Å². The van der Waals surface area contributed by atoms with Crippen molar-refractivity contribution in [2.24, 2.45) is 4.99 Å². The fourth-order valence-electron chi connectivity index (χ4n) is 7.04. The van der Waals surface area contributed by atoms with Gasteiger partial charge in [0.25, 0.3) is 11.5 Å². The van der Waals surface area contributed by atoms with Crippen LogP contribution in [0.4, 0.5) is 0 Å². The van der Waals surface area contributed by atoms with Crippen LogP contribution in [-0.2, 0) is 22.6 Å². The quantitative estimate of drug-likeness (QED) is 0.0891. The van der Waals surface area contributed by atoms with Crippen molar-refractivity contribution in [2.75, 3.05) is 86.5 Å². The Bertz CT molecular complexity index is 1990. The number of fused-ring (bicyclic) bond motifs is 1. The third-order valence-corrected chi connectivity index (χ3v) is 12.0. The summed E-state index contributed by atoms with van der Waals surface area (Å²) < 4.78 is 3.31. The minimum Gasteiger partial charge on any atom is -0.494 e. The van der Waals surface area contributed by atoms with Crippen LogP contribution < -0.4 is 21.3 Å². The molecule has 12 heteroatoms. The van der Waals surface area contributed by atoms with Gasteiger partial charge in [-0.1, -0.05) is 58.0 Å². The molecule has 0 aliphatic heterocycles. The first-order valence-electron chi connectivity index (χ1n) is 18.4. The fraction of sp³-hybridized carbons (Fsp3) is 0.500. The van der Waals surface area contributed by atoms with Gasteiger partial charge < -0.3 is 19.4 Å². The first-order valence-corrected chi connectivity index (χ1v) is 20.9. The number of hydrogen-bond acceptors (Lipinski definition) is 8. The van der Waals surface area contributed by atoms with E-state index in [1.807, 2.05) is 36.4 Å². The highest BCUT2D eigenvalue weighted by molar-refractivity contribution is 8.76. The zero-order valence-corrected chi connectivity index (χ0v) is 33.4. The Morgan fingerprint density at radius 2 is 1.63 bits per heavy atom. The Morgan fingerprint density at radius 3 is 2.37 bits per heavy atom. The average Bonchev–Trinajstić information content (AvgIpc) is 3.10. The monoisotopic (exact) mass is 748 g/mol. The van der Waals surface area contributed by atoms with Gasteiger partial charge in [0.2, 0.25) is 6.41 Å². The Labute approximate surface area is 315 Å². The molecule has 0 bridgehead atoms. The molecule has 1 heterocycles. The van der Waals surface area contributed by atoms with E-state index in [0.717, 1.165) is 99.2 Å². The summed E-state index contributed by atoms with van der Waals surface area (Å²) >= 11 is 0. The van der Waals surface area contributed by atoms with E-state index in [2.05, 4.69) is 53.7 Å². The van der Waals surface area contributed by atoms with Gasteiger partial charge in [-0.3, -0.25) is 28.8 Å². The van der Waals surface area contributed by atoms with E-state index in [1.165, 1.54) is 9.47 Å². The van der Waals surface area contributed by atoms with Gasteiger partial charge in [-0.25, -0.2) is 0 Å². The van der Waals surface area contributed by atoms with Crippen LogP contribution in [0.2, 0.25) is 0 Å². The third-order valence-electron chi connectivity index (χ3n) is 9.67. The number of carbonyl (C=O) groups is 2. The fourth-order valence-corrected chi connectivity index (χ4v) is 8.96. The molecular formula is C40H56N6O4S2+2. The predicted octanol–water partition coefficient (Wildman–Crippen LogP) is 3.34. The number of benzene rings is 2. The molecule has 280 valence electrons. The van der Waals surface area contributed by atoms with Crippen LogP contribution in [0.15, 0.2) is 52.3 Å². The van der Waals surface area contributed by atoms with Crippen molar-refractivity contribution in [1.29, 1.82) is 0 Å². The largest absolute Gasteiger partial charge is 0.494 e. The molecule has 0 spiro atoms. The summed E-state index contributed by atoms with van der Waals surface area (Å²) in [6.07, 6.45) is 5.37. The number of amides is 2. The number of aryl methyl sites for hydroxylation is 1. The Morgan fingerprint density at radius 1 is 0.923 bits per heavy atom. The number of rotatable bonds is 18. The van der Waals surface area contributed by atoms with Crippen molar-refractivity contribution >= 4 is 61.7 Å². The summed E-state index contributed by atoms with van der Waals surface area (Å²) in [6.45, 7) is 4.38. The summed E-state index contributed by atoms with van der Waals surface area (Å²) in [6, 6.07) is 13.7. The highest BCUT2D eigenvalue weighted by Crippen LogP contribution is 2.34. The molecule has 0 saturated carbocycles. The third kappa shape index (κ3) is 9.89. The molecule has 2 N–H and O–H groups in total. The molecule has 2 aromatic carbocycles. The van der Waals surface area contributed by atoms with Crippen molar-refractivity contribution in [3.05, 3.63) is 74.4 Å². The molecular weight excluding hydrogens is 693 g/mol. The van der Waals surface area contributed by atoms with Gasteiger partial charge in [0.05, 0.1) is 55.4 Å². The minimum absolute atomic E-state index is 0.0434. The summed E-state index contributed by atoms with van der Waals surface area (Å²) in [4.78, 5) is 45.5. The number of nitrogens with one attached hydrogen (secondary N) is 1. The van der Waals surface area contributed by atoms with Crippen molar-refractivity contribution in [3.8, 4) is 5.88 Å². The molecule has 0 radical (unpaired) electrons. The second kappa shape index (κ2) is 17.5. The number of nitrogens with zero attached hydrogens (tertiary/aromatic N) is 5. The number of carbonyl (C=O) groups excluding carboxylic acids is 2. The van der Waals surface area contributed by atoms with Crippen molar-refractivity contribution in [1.82, 2.24) is 14.8 Å². The Balaban J connectivity index is 1.18. The molecule has 1 aromatic heterocycles.